The van der Waals surface area contributed by atoms with E-state index in [4.69, 9.17) is 9.15 Å². The van der Waals surface area contributed by atoms with Crippen LogP contribution in [-0.2, 0) is 9.53 Å². The SMILES string of the molecule is CCOC(=O)c1cccc(N=C2SC(=Cc3ccc(-c4ccc([N+](=O)[O-])cc4C)o3)C(=O)N2CC)c1. The van der Waals surface area contributed by atoms with Crippen LogP contribution in [0.25, 0.3) is 17.4 Å². The van der Waals surface area contributed by atoms with Gasteiger partial charge in [0.05, 0.1) is 27.7 Å². The second-order valence-electron chi connectivity index (χ2n) is 7.78. The van der Waals surface area contributed by atoms with E-state index in [9.17, 15) is 19.7 Å². The molecule has 0 atom stereocenters. The molecule has 0 N–H and O–H groups in total. The third kappa shape index (κ3) is 5.23. The quantitative estimate of drug-likeness (QED) is 0.168. The molecule has 0 bridgehead atoms. The summed E-state index contributed by atoms with van der Waals surface area (Å²) in [5.74, 6) is 0.383. The standard InChI is InChI=1S/C26H23N3O6S/c1-4-28-24(30)23(36-26(28)27-18-8-6-7-17(14-18)25(31)34-5-2)15-20-10-12-22(35-20)21-11-9-19(29(32)33)13-16(21)3/h6-15H,4-5H2,1-3H3. The van der Waals surface area contributed by atoms with Crippen molar-refractivity contribution < 1.29 is 23.7 Å². The highest BCUT2D eigenvalue weighted by atomic mass is 32.2. The van der Waals surface area contributed by atoms with E-state index >= 15 is 0 Å². The third-order valence-electron chi connectivity index (χ3n) is 5.37. The van der Waals surface area contributed by atoms with Crippen LogP contribution in [0.4, 0.5) is 11.4 Å². The van der Waals surface area contributed by atoms with Gasteiger partial charge in [0, 0.05) is 30.3 Å². The number of likely N-dealkylation sites (N-methyl/N-ethyl adjacent to an activating group) is 1. The number of aryl methyl sites for hydroxylation is 1. The van der Waals surface area contributed by atoms with Crippen molar-refractivity contribution in [3.8, 4) is 11.3 Å². The summed E-state index contributed by atoms with van der Waals surface area (Å²) in [4.78, 5) is 42.2. The molecule has 0 saturated carbocycles. The molecule has 1 aliphatic rings. The molecule has 4 rings (SSSR count). The van der Waals surface area contributed by atoms with E-state index in [0.717, 1.165) is 5.56 Å². The zero-order valence-corrected chi connectivity index (χ0v) is 20.7. The predicted molar refractivity (Wildman–Crippen MR) is 138 cm³/mol. The minimum Gasteiger partial charge on any atom is -0.462 e. The lowest BCUT2D eigenvalue weighted by molar-refractivity contribution is -0.384. The summed E-state index contributed by atoms with van der Waals surface area (Å²) in [6.07, 6.45) is 1.65. The van der Waals surface area contributed by atoms with Crippen LogP contribution in [0.15, 0.2) is 68.9 Å². The summed E-state index contributed by atoms with van der Waals surface area (Å²) in [6, 6.07) is 14.8. The van der Waals surface area contributed by atoms with Gasteiger partial charge in [-0.1, -0.05) is 6.07 Å². The van der Waals surface area contributed by atoms with Crippen molar-refractivity contribution in [3.63, 3.8) is 0 Å². The van der Waals surface area contributed by atoms with Crippen molar-refractivity contribution in [2.45, 2.75) is 20.8 Å². The Kier molecular flexibility index (Phi) is 7.35. The van der Waals surface area contributed by atoms with Crippen molar-refractivity contribution in [3.05, 3.63) is 86.5 Å². The number of carbonyl (C=O) groups is 2. The number of thioether (sulfide) groups is 1. The number of nitro benzene ring substituents is 1. The second kappa shape index (κ2) is 10.6. The fourth-order valence-corrected chi connectivity index (χ4v) is 4.68. The van der Waals surface area contributed by atoms with Gasteiger partial charge in [-0.15, -0.1) is 0 Å². The van der Waals surface area contributed by atoms with Crippen LogP contribution in [-0.4, -0.2) is 40.0 Å². The van der Waals surface area contributed by atoms with Gasteiger partial charge in [0.25, 0.3) is 11.6 Å². The molecule has 1 aromatic heterocycles. The fourth-order valence-electron chi connectivity index (χ4n) is 3.64. The van der Waals surface area contributed by atoms with E-state index in [0.29, 0.717) is 45.0 Å². The number of amides is 1. The number of amidine groups is 1. The largest absolute Gasteiger partial charge is 0.462 e. The molecule has 2 heterocycles. The molecule has 1 fully saturated rings. The first kappa shape index (κ1) is 24.9. The Hall–Kier alpha value is -4.18. The average Bonchev–Trinajstić information content (AvgIpc) is 3.43. The molecule has 3 aromatic rings. The molecule has 0 unspecified atom stereocenters. The number of furan rings is 1. The molecule has 2 aromatic carbocycles. The molecule has 0 spiro atoms. The maximum Gasteiger partial charge on any atom is 0.338 e. The molecule has 0 radical (unpaired) electrons. The highest BCUT2D eigenvalue weighted by Gasteiger charge is 2.32. The Morgan fingerprint density at radius 1 is 1.19 bits per heavy atom. The van der Waals surface area contributed by atoms with E-state index < -0.39 is 10.9 Å². The Bertz CT molecular complexity index is 1410. The predicted octanol–water partition coefficient (Wildman–Crippen LogP) is 5.96. The summed E-state index contributed by atoms with van der Waals surface area (Å²) in [6.45, 7) is 6.07. The van der Waals surface area contributed by atoms with E-state index in [2.05, 4.69) is 4.99 Å². The van der Waals surface area contributed by atoms with Gasteiger partial charge < -0.3 is 9.15 Å². The number of rotatable bonds is 7. The number of non-ortho nitro benzene ring substituents is 1. The van der Waals surface area contributed by atoms with Crippen molar-refractivity contribution in [2.75, 3.05) is 13.2 Å². The van der Waals surface area contributed by atoms with Crippen LogP contribution in [0.5, 0.6) is 0 Å². The van der Waals surface area contributed by atoms with E-state index in [1.165, 1.54) is 23.9 Å². The molecule has 9 nitrogen and oxygen atoms in total. The molecular weight excluding hydrogens is 482 g/mol. The summed E-state index contributed by atoms with van der Waals surface area (Å²) in [7, 11) is 0. The Morgan fingerprint density at radius 2 is 2.00 bits per heavy atom. The first-order valence-corrected chi connectivity index (χ1v) is 12.0. The highest BCUT2D eigenvalue weighted by Crippen LogP contribution is 2.35. The highest BCUT2D eigenvalue weighted by molar-refractivity contribution is 8.18. The Balaban J connectivity index is 1.59. The van der Waals surface area contributed by atoms with Gasteiger partial charge in [-0.3, -0.25) is 19.8 Å². The third-order valence-corrected chi connectivity index (χ3v) is 6.38. The summed E-state index contributed by atoms with van der Waals surface area (Å²) in [5, 5.41) is 11.5. The first-order chi connectivity index (χ1) is 17.3. The zero-order chi connectivity index (χ0) is 25.8. The molecule has 1 aliphatic heterocycles. The number of nitro groups is 1. The molecule has 1 amide bonds. The molecule has 0 aliphatic carbocycles. The van der Waals surface area contributed by atoms with Crippen LogP contribution in [0, 0.1) is 17.0 Å². The lowest BCUT2D eigenvalue weighted by atomic mass is 10.1. The lowest BCUT2D eigenvalue weighted by Crippen LogP contribution is -2.28. The maximum atomic E-state index is 13.0. The number of aliphatic imine (C=N–C) groups is 1. The van der Waals surface area contributed by atoms with Gasteiger partial charge in [-0.2, -0.15) is 0 Å². The minimum absolute atomic E-state index is 0.0114. The smallest absolute Gasteiger partial charge is 0.338 e. The fraction of sp³-hybridized carbons (Fsp3) is 0.192. The lowest BCUT2D eigenvalue weighted by Gasteiger charge is -2.12. The van der Waals surface area contributed by atoms with Crippen LogP contribution in [0.2, 0.25) is 0 Å². The number of benzene rings is 2. The van der Waals surface area contributed by atoms with Gasteiger partial charge >= 0.3 is 5.97 Å². The first-order valence-electron chi connectivity index (χ1n) is 11.2. The van der Waals surface area contributed by atoms with Crippen molar-refractivity contribution in [1.82, 2.24) is 4.90 Å². The van der Waals surface area contributed by atoms with Crippen molar-refractivity contribution >= 4 is 46.3 Å². The Labute approximate surface area is 211 Å². The van der Waals surface area contributed by atoms with Crippen LogP contribution < -0.4 is 0 Å². The van der Waals surface area contributed by atoms with Crippen LogP contribution in [0.1, 0.15) is 35.5 Å². The number of hydrogen-bond acceptors (Lipinski definition) is 8. The van der Waals surface area contributed by atoms with E-state index in [1.807, 2.05) is 6.92 Å². The normalized spacial score (nSPS) is 15.6. The summed E-state index contributed by atoms with van der Waals surface area (Å²) < 4.78 is 11.0. The van der Waals surface area contributed by atoms with E-state index in [1.54, 1.807) is 67.3 Å². The summed E-state index contributed by atoms with van der Waals surface area (Å²) in [5.41, 5.74) is 2.37. The van der Waals surface area contributed by atoms with Crippen molar-refractivity contribution in [2.24, 2.45) is 4.99 Å². The van der Waals surface area contributed by atoms with Gasteiger partial charge in [-0.05, 0) is 74.5 Å². The molecule has 184 valence electrons. The summed E-state index contributed by atoms with van der Waals surface area (Å²) >= 11 is 1.22. The van der Waals surface area contributed by atoms with Gasteiger partial charge in [0.2, 0.25) is 0 Å². The minimum atomic E-state index is -0.441. The number of hydrogen-bond donors (Lipinski definition) is 0. The van der Waals surface area contributed by atoms with Crippen LogP contribution >= 0.6 is 11.8 Å². The molecular formula is C26H23N3O6S. The number of esters is 1. The number of carbonyl (C=O) groups excluding carboxylic acids is 2. The molecule has 36 heavy (non-hydrogen) atoms. The number of nitrogens with zero attached hydrogens (tertiary/aromatic N) is 3. The van der Waals surface area contributed by atoms with Crippen molar-refractivity contribution in [1.29, 1.82) is 0 Å². The average molecular weight is 506 g/mol. The van der Waals surface area contributed by atoms with E-state index in [-0.39, 0.29) is 18.2 Å². The van der Waals surface area contributed by atoms with Gasteiger partial charge in [-0.25, -0.2) is 9.79 Å². The zero-order valence-electron chi connectivity index (χ0n) is 19.9. The number of ether oxygens (including phenoxy) is 1. The van der Waals surface area contributed by atoms with Gasteiger partial charge in [0.15, 0.2) is 5.17 Å². The Morgan fingerprint density at radius 3 is 2.69 bits per heavy atom. The molecule has 1 saturated heterocycles. The topological polar surface area (TPSA) is 115 Å². The maximum absolute atomic E-state index is 13.0. The molecule has 10 heteroatoms. The second-order valence-corrected chi connectivity index (χ2v) is 8.79. The van der Waals surface area contributed by atoms with Crippen LogP contribution in [0.3, 0.4) is 0 Å². The van der Waals surface area contributed by atoms with Gasteiger partial charge in [0.1, 0.15) is 11.5 Å². The monoisotopic (exact) mass is 505 g/mol.